The molecule has 8 nitrogen and oxygen atoms in total. The van der Waals surface area contributed by atoms with Gasteiger partial charge in [-0.3, -0.25) is 9.69 Å². The van der Waals surface area contributed by atoms with E-state index in [1.807, 2.05) is 0 Å². The lowest BCUT2D eigenvalue weighted by atomic mass is 9.79. The minimum atomic E-state index is -3.90. The topological polar surface area (TPSA) is 105 Å². The van der Waals surface area contributed by atoms with Crippen molar-refractivity contribution in [2.75, 3.05) is 50.8 Å². The van der Waals surface area contributed by atoms with Gasteiger partial charge in [0.05, 0.1) is 23.7 Å². The molecule has 1 aromatic carbocycles. The number of hydrogen-bond donors (Lipinski definition) is 2. The van der Waals surface area contributed by atoms with E-state index in [-0.39, 0.29) is 16.3 Å². The zero-order chi connectivity index (χ0) is 22.6. The fourth-order valence-corrected chi connectivity index (χ4v) is 6.02. The summed E-state index contributed by atoms with van der Waals surface area (Å²) in [6, 6.07) is 4.60. The smallest absolute Gasteiger partial charge is 0.253 e. The van der Waals surface area contributed by atoms with Crippen LogP contribution in [0.1, 0.15) is 61.7 Å². The minimum Gasteiger partial charge on any atom is -0.378 e. The molecule has 1 aromatic rings. The first-order valence-electron chi connectivity index (χ1n) is 11.9. The van der Waals surface area contributed by atoms with Crippen molar-refractivity contribution in [1.82, 2.24) is 10.2 Å². The molecule has 3 fully saturated rings. The van der Waals surface area contributed by atoms with Gasteiger partial charge in [-0.25, -0.2) is 13.6 Å². The van der Waals surface area contributed by atoms with Gasteiger partial charge in [0.2, 0.25) is 10.0 Å². The number of carbonyl (C=O) groups is 1. The van der Waals surface area contributed by atoms with E-state index in [1.165, 1.54) is 50.7 Å². The second kappa shape index (κ2) is 10.1. The Bertz CT molecular complexity index is 903. The van der Waals surface area contributed by atoms with Gasteiger partial charge in [-0.2, -0.15) is 0 Å². The Morgan fingerprint density at radius 1 is 1.00 bits per heavy atom. The summed E-state index contributed by atoms with van der Waals surface area (Å²) in [5.74, 6) is -0.237. The second-order valence-electron chi connectivity index (χ2n) is 9.34. The van der Waals surface area contributed by atoms with Crippen molar-refractivity contribution in [2.45, 2.75) is 61.8 Å². The number of primary sulfonamides is 1. The number of ether oxygens (including phenoxy) is 1. The molecule has 0 unspecified atom stereocenters. The molecule has 178 valence electrons. The van der Waals surface area contributed by atoms with Crippen molar-refractivity contribution in [3.05, 3.63) is 23.8 Å². The molecule has 1 amide bonds. The van der Waals surface area contributed by atoms with E-state index >= 15 is 0 Å². The van der Waals surface area contributed by atoms with Crippen LogP contribution in [0.4, 0.5) is 5.69 Å². The fourth-order valence-electron chi connectivity index (χ4n) is 5.48. The molecule has 0 aromatic heterocycles. The quantitative estimate of drug-likeness (QED) is 0.668. The van der Waals surface area contributed by atoms with Crippen LogP contribution in [0.5, 0.6) is 0 Å². The van der Waals surface area contributed by atoms with Crippen molar-refractivity contribution in [2.24, 2.45) is 5.14 Å². The zero-order valence-electron chi connectivity index (χ0n) is 18.9. The summed E-state index contributed by atoms with van der Waals surface area (Å²) in [4.78, 5) is 18.1. The number of morpholine rings is 1. The third-order valence-corrected chi connectivity index (χ3v) is 8.19. The van der Waals surface area contributed by atoms with Crippen LogP contribution in [0.15, 0.2) is 23.1 Å². The number of hydrogen-bond acceptors (Lipinski definition) is 6. The molecule has 4 rings (SSSR count). The predicted molar refractivity (Wildman–Crippen MR) is 124 cm³/mol. The van der Waals surface area contributed by atoms with Crippen LogP contribution in [0.2, 0.25) is 0 Å². The number of likely N-dealkylation sites (tertiary alicyclic amines) is 1. The molecule has 0 atom stereocenters. The Hall–Kier alpha value is -1.68. The Labute approximate surface area is 191 Å². The molecule has 0 bridgehead atoms. The van der Waals surface area contributed by atoms with Gasteiger partial charge in [0.15, 0.2) is 0 Å². The molecule has 2 saturated heterocycles. The summed E-state index contributed by atoms with van der Waals surface area (Å²) in [5.41, 5.74) is 1.10. The summed E-state index contributed by atoms with van der Waals surface area (Å²) < 4.78 is 29.4. The third-order valence-electron chi connectivity index (χ3n) is 7.28. The lowest BCUT2D eigenvalue weighted by molar-refractivity contribution is 0.0326. The van der Waals surface area contributed by atoms with Crippen molar-refractivity contribution < 1.29 is 17.9 Å². The summed E-state index contributed by atoms with van der Waals surface area (Å²) in [5, 5.41) is 8.55. The standard InChI is InChI=1S/C23H36N4O4S/c24-32(29,30)19-7-8-21(26-13-15-31-16-14-26)20(17-19)22(28)25-18-23(9-3-1-4-10-23)27-11-5-2-6-12-27/h7-8,17H,1-6,9-16,18H2,(H,25,28)(H2,24,29,30). The highest BCUT2D eigenvalue weighted by molar-refractivity contribution is 7.89. The van der Waals surface area contributed by atoms with Crippen molar-refractivity contribution in [3.8, 4) is 0 Å². The van der Waals surface area contributed by atoms with Crippen LogP contribution in [0.25, 0.3) is 0 Å². The highest BCUT2D eigenvalue weighted by atomic mass is 32.2. The van der Waals surface area contributed by atoms with Crippen LogP contribution in [-0.4, -0.2) is 70.7 Å². The van der Waals surface area contributed by atoms with Gasteiger partial charge in [0.1, 0.15) is 0 Å². The number of piperidine rings is 1. The van der Waals surface area contributed by atoms with Gasteiger partial charge in [0.25, 0.3) is 5.91 Å². The third kappa shape index (κ3) is 5.27. The lowest BCUT2D eigenvalue weighted by Crippen LogP contribution is -2.58. The first-order chi connectivity index (χ1) is 15.4. The highest BCUT2D eigenvalue weighted by Gasteiger charge is 2.38. The van der Waals surface area contributed by atoms with E-state index in [2.05, 4.69) is 15.1 Å². The van der Waals surface area contributed by atoms with E-state index in [0.29, 0.717) is 38.4 Å². The van der Waals surface area contributed by atoms with E-state index < -0.39 is 10.0 Å². The largest absolute Gasteiger partial charge is 0.378 e. The molecule has 3 N–H and O–H groups in total. The summed E-state index contributed by atoms with van der Waals surface area (Å²) in [7, 11) is -3.90. The van der Waals surface area contributed by atoms with E-state index in [0.717, 1.165) is 31.6 Å². The maximum atomic E-state index is 13.4. The predicted octanol–water partition coefficient (Wildman–Crippen LogP) is 2.09. The number of nitrogens with one attached hydrogen (secondary N) is 1. The monoisotopic (exact) mass is 464 g/mol. The van der Waals surface area contributed by atoms with E-state index in [1.54, 1.807) is 6.07 Å². The number of nitrogens with zero attached hydrogens (tertiary/aromatic N) is 2. The minimum absolute atomic E-state index is 0.00497. The summed E-state index contributed by atoms with van der Waals surface area (Å²) in [6.07, 6.45) is 9.53. The van der Waals surface area contributed by atoms with E-state index in [9.17, 15) is 13.2 Å². The first-order valence-corrected chi connectivity index (χ1v) is 13.5. The van der Waals surface area contributed by atoms with E-state index in [4.69, 9.17) is 9.88 Å². The van der Waals surface area contributed by atoms with Crippen LogP contribution >= 0.6 is 0 Å². The van der Waals surface area contributed by atoms with Crippen LogP contribution in [0.3, 0.4) is 0 Å². The summed E-state index contributed by atoms with van der Waals surface area (Å²) in [6.45, 7) is 5.26. The molecule has 9 heteroatoms. The Kier molecular flexibility index (Phi) is 7.39. The number of amides is 1. The van der Waals surface area contributed by atoms with Gasteiger partial charge in [0, 0.05) is 30.9 Å². The average Bonchev–Trinajstić information content (AvgIpc) is 2.83. The van der Waals surface area contributed by atoms with Crippen LogP contribution in [0, 0.1) is 0 Å². The molecule has 2 heterocycles. The molecule has 0 radical (unpaired) electrons. The number of carbonyl (C=O) groups excluding carboxylic acids is 1. The van der Waals surface area contributed by atoms with Gasteiger partial charge < -0.3 is 15.0 Å². The average molecular weight is 465 g/mol. The van der Waals surface area contributed by atoms with Crippen molar-refractivity contribution in [1.29, 1.82) is 0 Å². The van der Waals surface area contributed by atoms with Gasteiger partial charge in [-0.05, 0) is 57.0 Å². The lowest BCUT2D eigenvalue weighted by Gasteiger charge is -2.48. The molecule has 32 heavy (non-hydrogen) atoms. The Morgan fingerprint density at radius 3 is 2.31 bits per heavy atom. The first kappa shape index (κ1) is 23.5. The zero-order valence-corrected chi connectivity index (χ0v) is 19.7. The maximum Gasteiger partial charge on any atom is 0.253 e. The fraction of sp³-hybridized carbons (Fsp3) is 0.696. The van der Waals surface area contributed by atoms with Gasteiger partial charge in [-0.1, -0.05) is 25.7 Å². The number of benzene rings is 1. The maximum absolute atomic E-state index is 13.4. The SMILES string of the molecule is NS(=O)(=O)c1ccc(N2CCOCC2)c(C(=O)NCC2(N3CCCCC3)CCCCC2)c1. The van der Waals surface area contributed by atoms with Crippen LogP contribution in [-0.2, 0) is 14.8 Å². The molecular weight excluding hydrogens is 428 g/mol. The molecule has 1 aliphatic carbocycles. The molecular formula is C23H36N4O4S. The Morgan fingerprint density at radius 2 is 1.66 bits per heavy atom. The molecule has 0 spiro atoms. The highest BCUT2D eigenvalue weighted by Crippen LogP contribution is 2.35. The Balaban J connectivity index is 1.57. The van der Waals surface area contributed by atoms with Crippen molar-refractivity contribution >= 4 is 21.6 Å². The number of anilines is 1. The van der Waals surface area contributed by atoms with Crippen LogP contribution < -0.4 is 15.4 Å². The molecule has 1 saturated carbocycles. The summed E-state index contributed by atoms with van der Waals surface area (Å²) >= 11 is 0. The second-order valence-corrected chi connectivity index (χ2v) is 10.9. The number of sulfonamides is 1. The van der Waals surface area contributed by atoms with Gasteiger partial charge >= 0.3 is 0 Å². The molecule has 3 aliphatic rings. The van der Waals surface area contributed by atoms with Gasteiger partial charge in [-0.15, -0.1) is 0 Å². The van der Waals surface area contributed by atoms with Crippen molar-refractivity contribution in [3.63, 3.8) is 0 Å². The number of nitrogens with two attached hydrogens (primary N) is 1. The number of rotatable bonds is 6. The molecule has 2 aliphatic heterocycles. The normalized spacial score (nSPS) is 22.5.